The highest BCUT2D eigenvalue weighted by Gasteiger charge is 2.10. The molecule has 0 saturated carbocycles. The molecule has 7 nitrogen and oxygen atoms in total. The van der Waals surface area contributed by atoms with E-state index < -0.39 is 4.92 Å². The Balaban J connectivity index is 2.09. The molecule has 0 amide bonds. The van der Waals surface area contributed by atoms with E-state index in [1.165, 1.54) is 12.1 Å². The molecule has 0 atom stereocenters. The summed E-state index contributed by atoms with van der Waals surface area (Å²) in [5.41, 5.74) is 0.599. The smallest absolute Gasteiger partial charge is 0.273 e. The molecule has 0 radical (unpaired) electrons. The predicted octanol–water partition coefficient (Wildman–Crippen LogP) is 2.77. The molecule has 1 heterocycles. The summed E-state index contributed by atoms with van der Waals surface area (Å²) >= 11 is 3.28. The van der Waals surface area contributed by atoms with Crippen molar-refractivity contribution in [3.05, 3.63) is 50.9 Å². The Morgan fingerprint density at radius 3 is 2.80 bits per heavy atom. The van der Waals surface area contributed by atoms with Gasteiger partial charge in [-0.1, -0.05) is 0 Å². The first-order chi connectivity index (χ1) is 9.60. The summed E-state index contributed by atoms with van der Waals surface area (Å²) in [4.78, 5) is 18.5. The molecule has 2 rings (SSSR count). The van der Waals surface area contributed by atoms with Crippen LogP contribution in [0.4, 0.5) is 11.5 Å². The van der Waals surface area contributed by atoms with Gasteiger partial charge in [-0.15, -0.1) is 0 Å². The highest BCUT2D eigenvalue weighted by Crippen LogP contribution is 2.29. The van der Waals surface area contributed by atoms with Crippen LogP contribution in [-0.4, -0.2) is 21.9 Å². The number of nitro benzene ring substituents is 1. The minimum absolute atomic E-state index is 0.0279. The molecule has 0 spiro atoms. The van der Waals surface area contributed by atoms with Gasteiger partial charge in [0.05, 0.1) is 33.6 Å². The van der Waals surface area contributed by atoms with E-state index in [4.69, 9.17) is 4.74 Å². The first-order valence-corrected chi connectivity index (χ1v) is 6.45. The van der Waals surface area contributed by atoms with Crippen LogP contribution in [0.1, 0.15) is 5.69 Å². The first-order valence-electron chi connectivity index (χ1n) is 5.65. The lowest BCUT2D eigenvalue weighted by Gasteiger charge is -2.07. The molecular weight excluding hydrogens is 328 g/mol. The summed E-state index contributed by atoms with van der Waals surface area (Å²) in [5.74, 6) is 1.05. The van der Waals surface area contributed by atoms with Crippen LogP contribution in [0.5, 0.6) is 5.75 Å². The molecule has 1 N–H and O–H groups in total. The van der Waals surface area contributed by atoms with Crippen molar-refractivity contribution in [3.63, 3.8) is 0 Å². The van der Waals surface area contributed by atoms with Gasteiger partial charge in [-0.2, -0.15) is 0 Å². The Labute approximate surface area is 123 Å². The normalized spacial score (nSPS) is 10.1. The lowest BCUT2D eigenvalue weighted by Crippen LogP contribution is -2.01. The van der Waals surface area contributed by atoms with Crippen molar-refractivity contribution in [1.29, 1.82) is 0 Å². The maximum Gasteiger partial charge on any atom is 0.273 e. The number of aromatic nitrogens is 2. The Kier molecular flexibility index (Phi) is 4.46. The van der Waals surface area contributed by atoms with Crippen molar-refractivity contribution < 1.29 is 9.66 Å². The molecule has 0 aliphatic rings. The number of ether oxygens (including phenoxy) is 1. The van der Waals surface area contributed by atoms with Crippen molar-refractivity contribution in [3.8, 4) is 5.75 Å². The fourth-order valence-electron chi connectivity index (χ4n) is 1.43. The first kappa shape index (κ1) is 14.2. The van der Waals surface area contributed by atoms with E-state index in [0.717, 1.165) is 0 Å². The van der Waals surface area contributed by atoms with Gasteiger partial charge in [0.15, 0.2) is 0 Å². The van der Waals surface area contributed by atoms with E-state index in [1.807, 2.05) is 0 Å². The Morgan fingerprint density at radius 2 is 2.20 bits per heavy atom. The topological polar surface area (TPSA) is 90.2 Å². The van der Waals surface area contributed by atoms with E-state index >= 15 is 0 Å². The van der Waals surface area contributed by atoms with E-state index in [1.54, 1.807) is 25.5 Å². The van der Waals surface area contributed by atoms with Gasteiger partial charge < -0.3 is 10.1 Å². The second-order valence-electron chi connectivity index (χ2n) is 3.80. The molecular formula is C12H11BrN4O3. The van der Waals surface area contributed by atoms with E-state index in [2.05, 4.69) is 31.2 Å². The third-order valence-electron chi connectivity index (χ3n) is 2.46. The molecule has 0 fully saturated rings. The van der Waals surface area contributed by atoms with Gasteiger partial charge in [0.25, 0.3) is 5.69 Å². The molecule has 1 aromatic heterocycles. The van der Waals surface area contributed by atoms with Crippen LogP contribution in [0, 0.1) is 10.1 Å². The fourth-order valence-corrected chi connectivity index (χ4v) is 1.79. The molecule has 1 aromatic carbocycles. The Bertz CT molecular complexity index is 619. The van der Waals surface area contributed by atoms with Crippen LogP contribution in [0.25, 0.3) is 0 Å². The van der Waals surface area contributed by atoms with Crippen LogP contribution < -0.4 is 10.1 Å². The summed E-state index contributed by atoms with van der Waals surface area (Å²) in [6.45, 7) is 0.177. The molecule has 0 aliphatic heterocycles. The van der Waals surface area contributed by atoms with Gasteiger partial charge in [0.1, 0.15) is 18.2 Å². The Morgan fingerprint density at radius 1 is 1.40 bits per heavy atom. The number of anilines is 1. The van der Waals surface area contributed by atoms with Gasteiger partial charge >= 0.3 is 0 Å². The molecule has 8 heteroatoms. The third kappa shape index (κ3) is 3.41. The highest BCUT2D eigenvalue weighted by atomic mass is 79.9. The number of non-ortho nitro benzene ring substituents is 1. The lowest BCUT2D eigenvalue weighted by molar-refractivity contribution is -0.385. The van der Waals surface area contributed by atoms with Crippen molar-refractivity contribution >= 4 is 27.4 Å². The number of nitro groups is 1. The van der Waals surface area contributed by atoms with Crippen molar-refractivity contribution in [2.75, 3.05) is 12.4 Å². The zero-order chi connectivity index (χ0) is 14.5. The van der Waals surface area contributed by atoms with Crippen LogP contribution in [0.2, 0.25) is 0 Å². The third-order valence-corrected chi connectivity index (χ3v) is 3.12. The number of nitrogens with zero attached hydrogens (tertiary/aromatic N) is 3. The predicted molar refractivity (Wildman–Crippen MR) is 76.7 cm³/mol. The lowest BCUT2D eigenvalue weighted by atomic mass is 10.3. The SMILES string of the molecule is CNc1cnc(COc2cc([N+](=O)[O-])ccc2Br)cn1. The van der Waals surface area contributed by atoms with Gasteiger partial charge in [0, 0.05) is 13.1 Å². The monoisotopic (exact) mass is 338 g/mol. The number of hydrogen-bond acceptors (Lipinski definition) is 6. The zero-order valence-corrected chi connectivity index (χ0v) is 12.1. The highest BCUT2D eigenvalue weighted by molar-refractivity contribution is 9.10. The maximum atomic E-state index is 10.7. The van der Waals surface area contributed by atoms with Gasteiger partial charge in [-0.25, -0.2) is 4.98 Å². The second kappa shape index (κ2) is 6.29. The van der Waals surface area contributed by atoms with Crippen molar-refractivity contribution in [2.45, 2.75) is 6.61 Å². The van der Waals surface area contributed by atoms with E-state index in [-0.39, 0.29) is 12.3 Å². The number of nitrogens with one attached hydrogen (secondary N) is 1. The van der Waals surface area contributed by atoms with Gasteiger partial charge in [-0.05, 0) is 22.0 Å². The molecule has 0 unspecified atom stereocenters. The molecule has 2 aromatic rings. The van der Waals surface area contributed by atoms with E-state index in [0.29, 0.717) is 21.7 Å². The quantitative estimate of drug-likeness (QED) is 0.665. The molecule has 20 heavy (non-hydrogen) atoms. The van der Waals surface area contributed by atoms with Gasteiger partial charge in [-0.3, -0.25) is 15.1 Å². The number of halogens is 1. The summed E-state index contributed by atoms with van der Waals surface area (Å²) in [5, 5.41) is 13.6. The molecule has 104 valence electrons. The molecule has 0 aliphatic carbocycles. The minimum Gasteiger partial charge on any atom is -0.486 e. The molecule has 0 bridgehead atoms. The van der Waals surface area contributed by atoms with Gasteiger partial charge in [0.2, 0.25) is 0 Å². The fraction of sp³-hybridized carbons (Fsp3) is 0.167. The van der Waals surface area contributed by atoms with Crippen LogP contribution in [-0.2, 0) is 6.61 Å². The summed E-state index contributed by atoms with van der Waals surface area (Å²) < 4.78 is 6.15. The number of benzene rings is 1. The van der Waals surface area contributed by atoms with Crippen molar-refractivity contribution in [1.82, 2.24) is 9.97 Å². The second-order valence-corrected chi connectivity index (χ2v) is 4.66. The Hall–Kier alpha value is -2.22. The summed E-state index contributed by atoms with van der Waals surface area (Å²) in [6, 6.07) is 4.33. The zero-order valence-electron chi connectivity index (χ0n) is 10.5. The summed E-state index contributed by atoms with van der Waals surface area (Å²) in [7, 11) is 1.75. The standard InChI is InChI=1S/C12H11BrN4O3/c1-14-12-6-15-8(5-16-12)7-20-11-4-9(17(18)19)2-3-10(11)13/h2-6H,7H2,1H3,(H,14,16). The van der Waals surface area contributed by atoms with Crippen LogP contribution >= 0.6 is 15.9 Å². The average Bonchev–Trinajstić information content (AvgIpc) is 2.46. The number of rotatable bonds is 5. The van der Waals surface area contributed by atoms with Crippen LogP contribution in [0.3, 0.4) is 0 Å². The average molecular weight is 339 g/mol. The van der Waals surface area contributed by atoms with E-state index in [9.17, 15) is 10.1 Å². The number of hydrogen-bond donors (Lipinski definition) is 1. The largest absolute Gasteiger partial charge is 0.486 e. The maximum absolute atomic E-state index is 10.7. The minimum atomic E-state index is -0.471. The van der Waals surface area contributed by atoms with Crippen LogP contribution in [0.15, 0.2) is 35.1 Å². The summed E-state index contributed by atoms with van der Waals surface area (Å²) in [6.07, 6.45) is 3.16. The van der Waals surface area contributed by atoms with Crippen molar-refractivity contribution in [2.24, 2.45) is 0 Å². The molecule has 0 saturated heterocycles.